The van der Waals surface area contributed by atoms with Crippen LogP contribution in [0.4, 0.5) is 5.82 Å². The van der Waals surface area contributed by atoms with Gasteiger partial charge in [-0.2, -0.15) is 0 Å². The molecule has 140 valence electrons. The predicted octanol–water partition coefficient (Wildman–Crippen LogP) is 2.25. The summed E-state index contributed by atoms with van der Waals surface area (Å²) in [7, 11) is 0. The lowest BCUT2D eigenvalue weighted by molar-refractivity contribution is 0.296. The summed E-state index contributed by atoms with van der Waals surface area (Å²) in [5.74, 6) is 1.87. The Balaban J connectivity index is 1.61. The van der Waals surface area contributed by atoms with Crippen molar-refractivity contribution in [3.8, 4) is 5.75 Å². The lowest BCUT2D eigenvalue weighted by Crippen LogP contribution is -2.36. The monoisotopic (exact) mass is 356 g/mol. The summed E-state index contributed by atoms with van der Waals surface area (Å²) < 4.78 is 7.48. The zero-order chi connectivity index (χ0) is 18.4. The van der Waals surface area contributed by atoms with Crippen molar-refractivity contribution in [3.63, 3.8) is 0 Å². The first kappa shape index (κ1) is 18.5. The van der Waals surface area contributed by atoms with E-state index in [1.54, 1.807) is 17.0 Å². The van der Waals surface area contributed by atoms with Gasteiger partial charge >= 0.3 is 0 Å². The molecule has 6 nitrogen and oxygen atoms in total. The Kier molecular flexibility index (Phi) is 6.28. The van der Waals surface area contributed by atoms with Gasteiger partial charge in [-0.05, 0) is 36.6 Å². The average Bonchev–Trinajstić information content (AvgIpc) is 2.93. The van der Waals surface area contributed by atoms with Crippen LogP contribution in [0.2, 0.25) is 0 Å². The summed E-state index contributed by atoms with van der Waals surface area (Å²) >= 11 is 0. The van der Waals surface area contributed by atoms with Crippen molar-refractivity contribution >= 4 is 5.82 Å². The van der Waals surface area contributed by atoms with E-state index in [2.05, 4.69) is 41.2 Å². The number of aromatic nitrogens is 2. The molecule has 2 heterocycles. The van der Waals surface area contributed by atoms with Crippen LogP contribution in [-0.4, -0.2) is 42.3 Å². The molecule has 3 rings (SSSR count). The first-order chi connectivity index (χ1) is 12.6. The molecular formula is C20H28N4O2. The van der Waals surface area contributed by atoms with Gasteiger partial charge in [-0.15, -0.1) is 0 Å². The minimum atomic E-state index is -0.0480. The van der Waals surface area contributed by atoms with Gasteiger partial charge in [0.2, 0.25) is 0 Å². The maximum absolute atomic E-state index is 12.7. The minimum Gasteiger partial charge on any atom is -0.492 e. The maximum atomic E-state index is 12.7. The van der Waals surface area contributed by atoms with Crippen molar-refractivity contribution in [2.24, 2.45) is 0 Å². The maximum Gasteiger partial charge on any atom is 0.293 e. The standard InChI is InChI=1S/C20H28N4O2/c1-16(2)17-4-6-18(7-5-17)26-15-14-24-13-10-22-19(20(24)25)23-11-3-8-21-9-12-23/h4-7,10,13,16,21H,3,8-9,11-12,14-15H2,1-2H3. The molecule has 0 atom stereocenters. The second kappa shape index (κ2) is 8.85. The Hall–Kier alpha value is -2.34. The van der Waals surface area contributed by atoms with Gasteiger partial charge in [0, 0.05) is 32.0 Å². The van der Waals surface area contributed by atoms with Gasteiger partial charge < -0.3 is 19.5 Å². The van der Waals surface area contributed by atoms with Crippen molar-refractivity contribution in [2.75, 3.05) is 37.7 Å². The fourth-order valence-electron chi connectivity index (χ4n) is 3.10. The van der Waals surface area contributed by atoms with E-state index in [1.807, 2.05) is 12.1 Å². The topological polar surface area (TPSA) is 59.4 Å². The van der Waals surface area contributed by atoms with Crippen LogP contribution >= 0.6 is 0 Å². The van der Waals surface area contributed by atoms with Crippen molar-refractivity contribution in [1.29, 1.82) is 0 Å². The molecule has 0 bridgehead atoms. The molecule has 0 saturated carbocycles. The van der Waals surface area contributed by atoms with E-state index < -0.39 is 0 Å². The van der Waals surface area contributed by atoms with Crippen LogP contribution in [0.3, 0.4) is 0 Å². The van der Waals surface area contributed by atoms with E-state index in [4.69, 9.17) is 4.74 Å². The normalized spacial score (nSPS) is 15.1. The fraction of sp³-hybridized carbons (Fsp3) is 0.500. The van der Waals surface area contributed by atoms with Crippen molar-refractivity contribution < 1.29 is 4.74 Å². The van der Waals surface area contributed by atoms with E-state index in [9.17, 15) is 4.79 Å². The molecule has 1 aliphatic heterocycles. The number of hydrogen-bond donors (Lipinski definition) is 1. The summed E-state index contributed by atoms with van der Waals surface area (Å²) in [6.07, 6.45) is 4.45. The predicted molar refractivity (Wildman–Crippen MR) is 104 cm³/mol. The van der Waals surface area contributed by atoms with E-state index in [-0.39, 0.29) is 5.56 Å². The average molecular weight is 356 g/mol. The van der Waals surface area contributed by atoms with E-state index >= 15 is 0 Å². The van der Waals surface area contributed by atoms with Crippen LogP contribution in [0.15, 0.2) is 41.5 Å². The highest BCUT2D eigenvalue weighted by Crippen LogP contribution is 2.18. The lowest BCUT2D eigenvalue weighted by Gasteiger charge is -2.20. The smallest absolute Gasteiger partial charge is 0.293 e. The molecular weight excluding hydrogens is 328 g/mol. The van der Waals surface area contributed by atoms with Gasteiger partial charge in [0.25, 0.3) is 5.56 Å². The number of anilines is 1. The molecule has 1 aliphatic rings. The van der Waals surface area contributed by atoms with Gasteiger partial charge in [0.1, 0.15) is 12.4 Å². The summed E-state index contributed by atoms with van der Waals surface area (Å²) in [6, 6.07) is 8.15. The van der Waals surface area contributed by atoms with E-state index in [0.717, 1.165) is 38.3 Å². The third kappa shape index (κ3) is 4.64. The second-order valence-corrected chi connectivity index (χ2v) is 6.91. The van der Waals surface area contributed by atoms with Gasteiger partial charge in [-0.25, -0.2) is 4.98 Å². The second-order valence-electron chi connectivity index (χ2n) is 6.91. The van der Waals surface area contributed by atoms with Crippen LogP contribution in [-0.2, 0) is 6.54 Å². The minimum absolute atomic E-state index is 0.0480. The SMILES string of the molecule is CC(C)c1ccc(OCCn2ccnc(N3CCCNCC3)c2=O)cc1. The molecule has 2 aromatic rings. The van der Waals surface area contributed by atoms with Gasteiger partial charge in [-0.3, -0.25) is 4.79 Å². The van der Waals surface area contributed by atoms with Gasteiger partial charge in [0.05, 0.1) is 6.54 Å². The Morgan fingerprint density at radius 1 is 1.19 bits per heavy atom. The number of nitrogens with zero attached hydrogens (tertiary/aromatic N) is 3. The van der Waals surface area contributed by atoms with Crippen LogP contribution in [0.1, 0.15) is 31.7 Å². The molecule has 1 N–H and O–H groups in total. The Labute approximate surface area is 154 Å². The zero-order valence-electron chi connectivity index (χ0n) is 15.6. The molecule has 26 heavy (non-hydrogen) atoms. The number of ether oxygens (including phenoxy) is 1. The molecule has 0 amide bonds. The molecule has 0 aliphatic carbocycles. The highest BCUT2D eigenvalue weighted by atomic mass is 16.5. The van der Waals surface area contributed by atoms with Crippen LogP contribution in [0.5, 0.6) is 5.75 Å². The largest absolute Gasteiger partial charge is 0.492 e. The molecule has 1 saturated heterocycles. The number of benzene rings is 1. The van der Waals surface area contributed by atoms with E-state index in [1.165, 1.54) is 5.56 Å². The van der Waals surface area contributed by atoms with Gasteiger partial charge in [0.15, 0.2) is 5.82 Å². The zero-order valence-corrected chi connectivity index (χ0v) is 15.6. The first-order valence-electron chi connectivity index (χ1n) is 9.39. The summed E-state index contributed by atoms with van der Waals surface area (Å²) in [4.78, 5) is 19.1. The summed E-state index contributed by atoms with van der Waals surface area (Å²) in [6.45, 7) is 8.83. The van der Waals surface area contributed by atoms with Crippen molar-refractivity contribution in [3.05, 3.63) is 52.6 Å². The third-order valence-electron chi connectivity index (χ3n) is 4.68. The number of nitrogens with one attached hydrogen (secondary N) is 1. The van der Waals surface area contributed by atoms with Crippen LogP contribution < -0.4 is 20.5 Å². The first-order valence-corrected chi connectivity index (χ1v) is 9.39. The number of rotatable bonds is 6. The molecule has 1 aromatic heterocycles. The summed E-state index contributed by atoms with van der Waals surface area (Å²) in [5.41, 5.74) is 1.24. The molecule has 1 fully saturated rings. The quantitative estimate of drug-likeness (QED) is 0.860. The Morgan fingerprint density at radius 3 is 2.77 bits per heavy atom. The molecule has 0 unspecified atom stereocenters. The van der Waals surface area contributed by atoms with Crippen molar-refractivity contribution in [2.45, 2.75) is 32.7 Å². The van der Waals surface area contributed by atoms with Gasteiger partial charge in [-0.1, -0.05) is 26.0 Å². The molecule has 6 heteroatoms. The Morgan fingerprint density at radius 2 is 2.00 bits per heavy atom. The summed E-state index contributed by atoms with van der Waals surface area (Å²) in [5, 5.41) is 3.35. The molecule has 0 spiro atoms. The third-order valence-corrected chi connectivity index (χ3v) is 4.68. The van der Waals surface area contributed by atoms with Crippen molar-refractivity contribution in [1.82, 2.24) is 14.9 Å². The molecule has 0 radical (unpaired) electrons. The lowest BCUT2D eigenvalue weighted by atomic mass is 10.0. The van der Waals surface area contributed by atoms with Crippen LogP contribution in [0.25, 0.3) is 0 Å². The highest BCUT2D eigenvalue weighted by Gasteiger charge is 2.15. The van der Waals surface area contributed by atoms with Crippen LogP contribution in [0, 0.1) is 0 Å². The van der Waals surface area contributed by atoms with E-state index in [0.29, 0.717) is 24.9 Å². The fourth-order valence-corrected chi connectivity index (χ4v) is 3.10. The Bertz CT molecular complexity index is 747. The molecule has 1 aromatic carbocycles. The number of hydrogen-bond acceptors (Lipinski definition) is 5. The highest BCUT2D eigenvalue weighted by molar-refractivity contribution is 5.36.